The van der Waals surface area contributed by atoms with Crippen LogP contribution in [0.5, 0.6) is 0 Å². The largest absolute Gasteiger partial charge is 0.392 e. The van der Waals surface area contributed by atoms with Crippen molar-refractivity contribution in [2.24, 2.45) is 5.92 Å². The molecule has 2 atom stereocenters. The third-order valence-electron chi connectivity index (χ3n) is 3.80. The second-order valence-corrected chi connectivity index (χ2v) is 5.46. The van der Waals surface area contributed by atoms with Gasteiger partial charge in [-0.25, -0.2) is 0 Å². The van der Waals surface area contributed by atoms with Crippen molar-refractivity contribution >= 4 is 5.91 Å². The molecule has 0 aliphatic carbocycles. The van der Waals surface area contributed by atoms with Gasteiger partial charge in [-0.3, -0.25) is 4.79 Å². The first-order chi connectivity index (χ1) is 9.60. The van der Waals surface area contributed by atoms with Crippen molar-refractivity contribution in [1.82, 2.24) is 10.2 Å². The number of carbonyl (C=O) groups excluding carboxylic acids is 1. The molecular formula is C15H22N2O3. The maximum atomic E-state index is 11.9. The molecular weight excluding hydrogens is 256 g/mol. The maximum Gasteiger partial charge on any atom is 0.220 e. The predicted octanol–water partition coefficient (Wildman–Crippen LogP) is 0.108. The van der Waals surface area contributed by atoms with E-state index in [4.69, 9.17) is 0 Å². The average Bonchev–Trinajstić information content (AvgIpc) is 2.75. The Morgan fingerprint density at radius 2 is 2.05 bits per heavy atom. The normalized spacial score (nSPS) is 22.9. The van der Waals surface area contributed by atoms with Crippen molar-refractivity contribution in [1.29, 1.82) is 0 Å². The summed E-state index contributed by atoms with van der Waals surface area (Å²) < 4.78 is 0. The summed E-state index contributed by atoms with van der Waals surface area (Å²) in [7, 11) is 1.94. The second-order valence-electron chi connectivity index (χ2n) is 5.46. The van der Waals surface area contributed by atoms with Gasteiger partial charge in [-0.1, -0.05) is 24.3 Å². The molecule has 1 fully saturated rings. The van der Waals surface area contributed by atoms with Gasteiger partial charge in [-0.2, -0.15) is 0 Å². The van der Waals surface area contributed by atoms with E-state index in [1.165, 1.54) is 0 Å². The summed E-state index contributed by atoms with van der Waals surface area (Å²) in [6.45, 7) is 1.76. The number of benzene rings is 1. The van der Waals surface area contributed by atoms with Crippen LogP contribution >= 0.6 is 0 Å². The van der Waals surface area contributed by atoms with Gasteiger partial charge in [0.25, 0.3) is 0 Å². The molecule has 5 nitrogen and oxygen atoms in total. The smallest absolute Gasteiger partial charge is 0.220 e. The van der Waals surface area contributed by atoms with Gasteiger partial charge in [0.2, 0.25) is 5.91 Å². The van der Waals surface area contributed by atoms with Gasteiger partial charge in [0.15, 0.2) is 0 Å². The molecule has 0 unspecified atom stereocenters. The average molecular weight is 278 g/mol. The minimum atomic E-state index is -0.421. The van der Waals surface area contributed by atoms with E-state index in [2.05, 4.69) is 5.32 Å². The van der Waals surface area contributed by atoms with Crippen molar-refractivity contribution in [2.75, 3.05) is 20.1 Å². The van der Waals surface area contributed by atoms with E-state index < -0.39 is 6.10 Å². The number of likely N-dealkylation sites (tertiary alicyclic amines) is 1. The van der Waals surface area contributed by atoms with Crippen LogP contribution in [0.1, 0.15) is 17.5 Å². The number of hydrogen-bond donors (Lipinski definition) is 3. The van der Waals surface area contributed by atoms with Crippen molar-refractivity contribution in [3.8, 4) is 0 Å². The second kappa shape index (κ2) is 6.83. The van der Waals surface area contributed by atoms with E-state index >= 15 is 0 Å². The monoisotopic (exact) mass is 278 g/mol. The number of aliphatic hydroxyl groups excluding tert-OH is 2. The van der Waals surface area contributed by atoms with Crippen LogP contribution in [0.3, 0.4) is 0 Å². The van der Waals surface area contributed by atoms with Crippen LogP contribution < -0.4 is 5.32 Å². The summed E-state index contributed by atoms with van der Waals surface area (Å²) in [5.74, 6) is -0.0508. The number of likely N-dealkylation sites (N-methyl/N-ethyl adjacent to an activating group) is 1. The van der Waals surface area contributed by atoms with E-state index in [0.717, 1.165) is 17.7 Å². The van der Waals surface area contributed by atoms with Crippen LogP contribution in [-0.4, -0.2) is 47.3 Å². The van der Waals surface area contributed by atoms with Gasteiger partial charge < -0.3 is 20.4 Å². The Bertz CT molecular complexity index is 464. The third-order valence-corrected chi connectivity index (χ3v) is 3.80. The third kappa shape index (κ3) is 3.79. The molecule has 1 heterocycles. The first-order valence-corrected chi connectivity index (χ1v) is 6.91. The minimum Gasteiger partial charge on any atom is -0.392 e. The molecule has 0 saturated carbocycles. The van der Waals surface area contributed by atoms with E-state index in [0.29, 0.717) is 19.5 Å². The van der Waals surface area contributed by atoms with Crippen LogP contribution in [0.15, 0.2) is 24.3 Å². The number of rotatable bonds is 5. The Morgan fingerprint density at radius 1 is 1.35 bits per heavy atom. The molecule has 3 N–H and O–H groups in total. The van der Waals surface area contributed by atoms with Gasteiger partial charge >= 0.3 is 0 Å². The molecule has 1 aliphatic rings. The number of amides is 1. The highest BCUT2D eigenvalue weighted by Crippen LogP contribution is 2.18. The fourth-order valence-electron chi connectivity index (χ4n) is 2.65. The Hall–Kier alpha value is -1.43. The van der Waals surface area contributed by atoms with Gasteiger partial charge in [-0.15, -0.1) is 0 Å². The Balaban J connectivity index is 1.83. The van der Waals surface area contributed by atoms with Crippen LogP contribution in [-0.2, 0) is 17.9 Å². The number of nitrogens with zero attached hydrogens (tertiary/aromatic N) is 1. The molecule has 0 radical (unpaired) electrons. The van der Waals surface area contributed by atoms with Gasteiger partial charge in [0.1, 0.15) is 0 Å². The first-order valence-electron chi connectivity index (χ1n) is 6.91. The molecule has 2 rings (SSSR count). The topological polar surface area (TPSA) is 72.8 Å². The van der Waals surface area contributed by atoms with Gasteiger partial charge in [0.05, 0.1) is 12.7 Å². The highest BCUT2D eigenvalue weighted by molar-refractivity contribution is 5.76. The first kappa shape index (κ1) is 15.0. The molecule has 1 saturated heterocycles. The van der Waals surface area contributed by atoms with Crippen LogP contribution in [0.25, 0.3) is 0 Å². The number of nitrogens with one attached hydrogen (secondary N) is 1. The molecule has 1 aliphatic heterocycles. The fraction of sp³-hybridized carbons (Fsp3) is 0.533. The summed E-state index contributed by atoms with van der Waals surface area (Å²) in [5.41, 5.74) is 1.75. The molecule has 20 heavy (non-hydrogen) atoms. The highest BCUT2D eigenvalue weighted by Gasteiger charge is 2.30. The van der Waals surface area contributed by atoms with Gasteiger partial charge in [0, 0.05) is 32.0 Å². The lowest BCUT2D eigenvalue weighted by molar-refractivity contribution is -0.122. The lowest BCUT2D eigenvalue weighted by atomic mass is 10.0. The van der Waals surface area contributed by atoms with Crippen molar-refractivity contribution in [3.63, 3.8) is 0 Å². The standard InChI is InChI=1S/C15H22N2O3/c1-17-8-13(14(19)9-17)6-15(20)16-7-11-4-2-3-5-12(11)10-18/h2-5,13-14,18-19H,6-10H2,1H3,(H,16,20)/t13-,14-/m1/s1. The van der Waals surface area contributed by atoms with Crippen molar-refractivity contribution < 1.29 is 15.0 Å². The number of β-amino-alcohol motifs (C(OH)–C–C–N with tert-alkyl or cyclic N) is 1. The molecule has 0 bridgehead atoms. The number of hydrogen-bond acceptors (Lipinski definition) is 4. The molecule has 1 aromatic carbocycles. The highest BCUT2D eigenvalue weighted by atomic mass is 16.3. The lowest BCUT2D eigenvalue weighted by Crippen LogP contribution is -2.29. The Labute approximate surface area is 119 Å². The summed E-state index contributed by atoms with van der Waals surface area (Å²) in [6, 6.07) is 7.49. The Kier molecular flexibility index (Phi) is 5.11. The molecule has 5 heteroatoms. The molecule has 0 aromatic heterocycles. The van der Waals surface area contributed by atoms with Crippen LogP contribution in [0.4, 0.5) is 0 Å². The zero-order chi connectivity index (χ0) is 14.5. The summed E-state index contributed by atoms with van der Waals surface area (Å²) in [4.78, 5) is 14.0. The predicted molar refractivity (Wildman–Crippen MR) is 75.8 cm³/mol. The molecule has 0 spiro atoms. The Morgan fingerprint density at radius 3 is 2.65 bits per heavy atom. The van der Waals surface area contributed by atoms with Crippen molar-refractivity contribution in [3.05, 3.63) is 35.4 Å². The van der Waals surface area contributed by atoms with Crippen molar-refractivity contribution in [2.45, 2.75) is 25.7 Å². The molecule has 1 amide bonds. The SMILES string of the molecule is CN1C[C@@H](CC(=O)NCc2ccccc2CO)[C@H](O)C1. The lowest BCUT2D eigenvalue weighted by Gasteiger charge is -2.14. The zero-order valence-electron chi connectivity index (χ0n) is 11.7. The quantitative estimate of drug-likeness (QED) is 0.715. The molecule has 110 valence electrons. The molecule has 1 aromatic rings. The zero-order valence-corrected chi connectivity index (χ0v) is 11.7. The van der Waals surface area contributed by atoms with Gasteiger partial charge in [-0.05, 0) is 18.2 Å². The van der Waals surface area contributed by atoms with Crippen LogP contribution in [0.2, 0.25) is 0 Å². The fourth-order valence-corrected chi connectivity index (χ4v) is 2.65. The van der Waals surface area contributed by atoms with E-state index in [1.807, 2.05) is 36.2 Å². The summed E-state index contributed by atoms with van der Waals surface area (Å²) in [5, 5.41) is 21.9. The number of aliphatic hydroxyl groups is 2. The van der Waals surface area contributed by atoms with E-state index in [1.54, 1.807) is 0 Å². The van der Waals surface area contributed by atoms with E-state index in [9.17, 15) is 15.0 Å². The number of carbonyl (C=O) groups is 1. The summed E-state index contributed by atoms with van der Waals surface area (Å²) in [6.07, 6.45) is -0.0808. The minimum absolute atomic E-state index is 0.00749. The summed E-state index contributed by atoms with van der Waals surface area (Å²) >= 11 is 0. The van der Waals surface area contributed by atoms with E-state index in [-0.39, 0.29) is 18.4 Å². The maximum absolute atomic E-state index is 11.9. The van der Waals surface area contributed by atoms with Crippen LogP contribution in [0, 0.1) is 5.92 Å².